The monoisotopic (exact) mass is 1050 g/mol. The molecule has 27 nitrogen and oxygen atoms in total. The van der Waals surface area contributed by atoms with Crippen LogP contribution in [-0.2, 0) is 54.4 Å². The predicted molar refractivity (Wildman–Crippen MR) is 271 cm³/mol. The second-order valence-electron chi connectivity index (χ2n) is 18.5. The highest BCUT2D eigenvalue weighted by Crippen LogP contribution is 2.11. The van der Waals surface area contributed by atoms with E-state index in [9.17, 15) is 58.2 Å². The van der Waals surface area contributed by atoms with Gasteiger partial charge in [0.25, 0.3) is 0 Å². The fourth-order valence-corrected chi connectivity index (χ4v) is 7.69. The summed E-state index contributed by atoms with van der Waals surface area (Å²) in [5, 5.41) is 46.5. The highest BCUT2D eigenvalue weighted by molar-refractivity contribution is 5.99. The fraction of sp³-hybridized carbons (Fsp3) is 0.660. The summed E-state index contributed by atoms with van der Waals surface area (Å²) < 4.78 is 0. The largest absolute Gasteiger partial charge is 0.391 e. The zero-order valence-electron chi connectivity index (χ0n) is 42.8. The maximum absolute atomic E-state index is 14.3. The molecule has 1 fully saturated rings. The second kappa shape index (κ2) is 33.5. The smallest absolute Gasteiger partial charge is 0.245 e. The molecule has 1 aromatic rings. The number of hydrogen-bond acceptors (Lipinski definition) is 17. The van der Waals surface area contributed by atoms with E-state index in [1.54, 1.807) is 44.2 Å². The molecule has 1 aliphatic rings. The molecule has 0 aromatic heterocycles. The number of aliphatic hydroxyl groups excluding tert-OH is 2. The van der Waals surface area contributed by atoms with E-state index in [4.69, 9.17) is 28.7 Å². The molecule has 0 bridgehead atoms. The third-order valence-electron chi connectivity index (χ3n) is 11.7. The molecule has 74 heavy (non-hydrogen) atoms. The van der Waals surface area contributed by atoms with Crippen molar-refractivity contribution in [2.24, 2.45) is 34.6 Å². The summed E-state index contributed by atoms with van der Waals surface area (Å²) in [5.74, 6) is -9.01. The Balaban J connectivity index is 2.74. The molecule has 1 heterocycles. The van der Waals surface area contributed by atoms with Gasteiger partial charge in [-0.25, -0.2) is 0 Å². The van der Waals surface area contributed by atoms with Crippen molar-refractivity contribution in [2.45, 2.75) is 152 Å². The number of aliphatic hydroxyl groups is 2. The van der Waals surface area contributed by atoms with Gasteiger partial charge >= 0.3 is 0 Å². The SMILES string of the molecule is CC(C)C[C@@H]1NC(=O)[C@@H](Cc2ccccc2)NC(=O)[C@H](CCN)NC(=O)[C@@H](NC(=O)[C@H](CCN)NC(=O)[C@@H](NC(=O)CCCN)C(C)O)CCNC(=O)[C@H](C(C)O)NC(=O)[C@H](CCN)NC(=O)[C@H](CCN)NC1=O. The Bertz CT molecular complexity index is 2010. The number of carbonyl (C=O) groups excluding carboxylic acids is 10. The van der Waals surface area contributed by atoms with Crippen LogP contribution in [0.2, 0.25) is 0 Å². The zero-order chi connectivity index (χ0) is 55.5. The van der Waals surface area contributed by atoms with E-state index in [2.05, 4.69) is 53.2 Å². The Kier molecular flexibility index (Phi) is 28.8. The van der Waals surface area contributed by atoms with Gasteiger partial charge in [0, 0.05) is 19.4 Å². The lowest BCUT2D eigenvalue weighted by atomic mass is 10.00. The van der Waals surface area contributed by atoms with Crippen LogP contribution in [-0.4, -0.2) is 175 Å². The molecule has 416 valence electrons. The Labute approximate surface area is 431 Å². The molecule has 2 rings (SSSR count). The zero-order valence-corrected chi connectivity index (χ0v) is 42.8. The van der Waals surface area contributed by atoms with Crippen molar-refractivity contribution in [1.29, 1.82) is 0 Å². The molecular formula is C47H81N15O12. The van der Waals surface area contributed by atoms with E-state index in [-0.39, 0.29) is 90.0 Å². The lowest BCUT2D eigenvalue weighted by Crippen LogP contribution is -2.61. The van der Waals surface area contributed by atoms with Crippen molar-refractivity contribution in [2.75, 3.05) is 39.3 Å². The van der Waals surface area contributed by atoms with Crippen molar-refractivity contribution < 1.29 is 58.2 Å². The van der Waals surface area contributed by atoms with Crippen LogP contribution >= 0.6 is 0 Å². The van der Waals surface area contributed by atoms with E-state index in [1.807, 2.05) is 0 Å². The average molecular weight is 1050 g/mol. The molecule has 0 radical (unpaired) electrons. The summed E-state index contributed by atoms with van der Waals surface area (Å²) in [5.41, 5.74) is 29.5. The topological polar surface area (TPSA) is 462 Å². The van der Waals surface area contributed by atoms with Crippen molar-refractivity contribution >= 4 is 59.1 Å². The fourth-order valence-electron chi connectivity index (χ4n) is 7.69. The van der Waals surface area contributed by atoms with E-state index in [0.29, 0.717) is 5.56 Å². The first kappa shape index (κ1) is 63.8. The van der Waals surface area contributed by atoms with E-state index in [0.717, 1.165) is 0 Å². The van der Waals surface area contributed by atoms with Crippen LogP contribution in [0, 0.1) is 5.92 Å². The normalized spacial score (nSPS) is 23.7. The Morgan fingerprint density at radius 2 is 1.11 bits per heavy atom. The number of nitrogens with one attached hydrogen (secondary N) is 10. The summed E-state index contributed by atoms with van der Waals surface area (Å²) in [6.45, 7) is 5.20. The maximum atomic E-state index is 14.3. The van der Waals surface area contributed by atoms with Gasteiger partial charge in [-0.3, -0.25) is 47.9 Å². The molecule has 22 N–H and O–H groups in total. The van der Waals surface area contributed by atoms with Crippen molar-refractivity contribution in [3.63, 3.8) is 0 Å². The molecule has 0 spiro atoms. The number of hydrogen-bond donors (Lipinski definition) is 17. The number of carbonyl (C=O) groups is 10. The molecular weight excluding hydrogens is 967 g/mol. The van der Waals surface area contributed by atoms with Crippen LogP contribution in [0.25, 0.3) is 0 Å². The molecule has 10 amide bonds. The summed E-state index contributed by atoms with van der Waals surface area (Å²) in [4.78, 5) is 138. The molecule has 11 atom stereocenters. The highest BCUT2D eigenvalue weighted by atomic mass is 16.3. The lowest BCUT2D eigenvalue weighted by Gasteiger charge is -2.28. The molecule has 1 aliphatic heterocycles. The van der Waals surface area contributed by atoms with Crippen LogP contribution < -0.4 is 81.8 Å². The molecule has 1 aromatic carbocycles. The Hall–Kier alpha value is -6.36. The van der Waals surface area contributed by atoms with Gasteiger partial charge in [0.15, 0.2) is 0 Å². The van der Waals surface area contributed by atoms with Crippen LogP contribution in [0.15, 0.2) is 30.3 Å². The standard InChI is InChI=1S/C47H81N15O12/c1-25(2)23-34-44(71)56-29(12-18-49)39(66)55-32(15-21-52)43(70)62-37(26(3)63)46(73)53-22-16-33(57-40(67)31(14-20-51)58-47(74)38(27(4)64)61-36(65)11-8-17-48)42(69)54-30(13-19-50)41(68)60-35(45(72)59-34)24-28-9-6-5-7-10-28/h5-7,9-10,25-27,29-35,37-38,63-64H,8,11-24,48-52H2,1-4H3,(H,53,73)(H,54,69)(H,55,66)(H,56,71)(H,57,67)(H,58,74)(H,59,72)(H,60,68)(H,61,65)(H,62,70)/t26?,27?,29-,30-,31-,32-,33-,34-,35+,37-,38-/m0/s1. The highest BCUT2D eigenvalue weighted by Gasteiger charge is 2.37. The van der Waals surface area contributed by atoms with Crippen molar-refractivity contribution in [1.82, 2.24) is 53.2 Å². The summed E-state index contributed by atoms with van der Waals surface area (Å²) in [6.07, 6.45) is -3.90. The lowest BCUT2D eigenvalue weighted by molar-refractivity contribution is -0.136. The average Bonchev–Trinajstić information content (AvgIpc) is 3.34. The Morgan fingerprint density at radius 3 is 1.61 bits per heavy atom. The van der Waals surface area contributed by atoms with Gasteiger partial charge in [-0.15, -0.1) is 0 Å². The molecule has 0 saturated carbocycles. The van der Waals surface area contributed by atoms with Gasteiger partial charge < -0.3 is 92.0 Å². The third-order valence-corrected chi connectivity index (χ3v) is 11.7. The van der Waals surface area contributed by atoms with E-state index >= 15 is 0 Å². The van der Waals surface area contributed by atoms with Gasteiger partial charge in [0.1, 0.15) is 54.4 Å². The molecule has 0 aliphatic carbocycles. The van der Waals surface area contributed by atoms with Crippen LogP contribution in [0.4, 0.5) is 0 Å². The first-order chi connectivity index (χ1) is 35.1. The maximum Gasteiger partial charge on any atom is 0.245 e. The van der Waals surface area contributed by atoms with Gasteiger partial charge in [-0.05, 0) is 103 Å². The third kappa shape index (κ3) is 22.0. The van der Waals surface area contributed by atoms with Crippen molar-refractivity contribution in [3.05, 3.63) is 35.9 Å². The molecule has 27 heteroatoms. The minimum absolute atomic E-state index is 0.0536. The number of amides is 10. The first-order valence-electron chi connectivity index (χ1n) is 25.0. The van der Waals surface area contributed by atoms with E-state index < -0.39 is 139 Å². The number of nitrogens with two attached hydrogens (primary N) is 5. The van der Waals surface area contributed by atoms with Gasteiger partial charge in [0.05, 0.1) is 12.2 Å². The minimum Gasteiger partial charge on any atom is -0.391 e. The van der Waals surface area contributed by atoms with Crippen molar-refractivity contribution in [3.8, 4) is 0 Å². The summed E-state index contributed by atoms with van der Waals surface area (Å²) in [7, 11) is 0. The van der Waals surface area contributed by atoms with Gasteiger partial charge in [-0.2, -0.15) is 0 Å². The molecule has 1 saturated heterocycles. The molecule has 2 unspecified atom stereocenters. The van der Waals surface area contributed by atoms with E-state index in [1.165, 1.54) is 13.8 Å². The van der Waals surface area contributed by atoms with Gasteiger partial charge in [0.2, 0.25) is 59.1 Å². The minimum atomic E-state index is -1.66. The summed E-state index contributed by atoms with van der Waals surface area (Å²) >= 11 is 0. The number of rotatable bonds is 22. The first-order valence-corrected chi connectivity index (χ1v) is 25.0. The van der Waals surface area contributed by atoms with Gasteiger partial charge in [-0.1, -0.05) is 44.2 Å². The number of benzene rings is 1. The summed E-state index contributed by atoms with van der Waals surface area (Å²) in [6, 6.07) is -4.57. The van der Waals surface area contributed by atoms with Crippen LogP contribution in [0.1, 0.15) is 84.6 Å². The quantitative estimate of drug-likeness (QED) is 0.0513. The van der Waals surface area contributed by atoms with Crippen LogP contribution in [0.3, 0.4) is 0 Å². The Morgan fingerprint density at radius 1 is 0.608 bits per heavy atom. The van der Waals surface area contributed by atoms with Crippen LogP contribution in [0.5, 0.6) is 0 Å². The predicted octanol–water partition coefficient (Wildman–Crippen LogP) is -6.95. The second-order valence-corrected chi connectivity index (χ2v) is 18.5.